The summed E-state index contributed by atoms with van der Waals surface area (Å²) in [5.41, 5.74) is 1.61. The number of hydrogen-bond donors (Lipinski definition) is 0. The van der Waals surface area contributed by atoms with Crippen LogP contribution in [-0.4, -0.2) is 0 Å². The Hall–Kier alpha value is -0.260. The maximum Gasteiger partial charge on any atom is -0.0157 e. The van der Waals surface area contributed by atoms with Gasteiger partial charge in [0, 0.05) is 0 Å². The van der Waals surface area contributed by atoms with Crippen LogP contribution < -0.4 is 0 Å². The predicted octanol–water partition coefficient (Wildman–Crippen LogP) is 5.05. The second kappa shape index (κ2) is 7.09. The van der Waals surface area contributed by atoms with Gasteiger partial charge < -0.3 is 0 Å². The Bertz CT molecular complexity index is 165. The molecular formula is C14H28. The summed E-state index contributed by atoms with van der Waals surface area (Å²) in [6, 6.07) is 0. The number of unbranched alkanes of at least 4 members (excludes halogenated alkanes) is 1. The van der Waals surface area contributed by atoms with Gasteiger partial charge in [0.2, 0.25) is 0 Å². The van der Waals surface area contributed by atoms with Crippen molar-refractivity contribution < 1.29 is 0 Å². The molecule has 0 heteroatoms. The van der Waals surface area contributed by atoms with Crippen LogP contribution in [0, 0.1) is 17.8 Å². The third-order valence-electron chi connectivity index (χ3n) is 3.26. The van der Waals surface area contributed by atoms with E-state index in [9.17, 15) is 0 Å². The summed E-state index contributed by atoms with van der Waals surface area (Å²) in [6.07, 6.45) is 6.24. The topological polar surface area (TPSA) is 0 Å². The van der Waals surface area contributed by atoms with Gasteiger partial charge in [-0.15, -0.1) is 0 Å². The highest BCUT2D eigenvalue weighted by atomic mass is 14.3. The zero-order valence-electron chi connectivity index (χ0n) is 10.9. The van der Waals surface area contributed by atoms with Crippen LogP contribution in [0.2, 0.25) is 0 Å². The first kappa shape index (κ1) is 13.7. The number of rotatable bonds is 6. The molecule has 0 nitrogen and oxygen atoms in total. The molecule has 0 heterocycles. The zero-order valence-corrected chi connectivity index (χ0v) is 10.9. The normalized spacial score (nSPS) is 17.2. The van der Waals surface area contributed by atoms with Crippen LogP contribution in [0.4, 0.5) is 0 Å². The van der Waals surface area contributed by atoms with Gasteiger partial charge in [-0.05, 0) is 31.1 Å². The fourth-order valence-electron chi connectivity index (χ4n) is 2.39. The van der Waals surface area contributed by atoms with E-state index in [1.165, 1.54) is 19.3 Å². The van der Waals surface area contributed by atoms with E-state index in [1.54, 1.807) is 5.57 Å². The molecule has 0 saturated heterocycles. The Balaban J connectivity index is 4.48. The average molecular weight is 196 g/mol. The first-order valence-corrected chi connectivity index (χ1v) is 6.21. The van der Waals surface area contributed by atoms with Gasteiger partial charge in [-0.3, -0.25) is 0 Å². The molecule has 0 fully saturated rings. The monoisotopic (exact) mass is 196 g/mol. The molecule has 0 spiro atoms. The van der Waals surface area contributed by atoms with Crippen LogP contribution in [0.15, 0.2) is 11.6 Å². The molecule has 0 N–H and O–H groups in total. The van der Waals surface area contributed by atoms with Crippen molar-refractivity contribution in [3.8, 4) is 0 Å². The molecular weight excluding hydrogens is 168 g/mol. The molecule has 2 atom stereocenters. The van der Waals surface area contributed by atoms with Crippen LogP contribution in [0.3, 0.4) is 0 Å². The molecule has 0 aliphatic rings. The van der Waals surface area contributed by atoms with E-state index < -0.39 is 0 Å². The molecule has 0 aromatic carbocycles. The molecule has 0 bridgehead atoms. The van der Waals surface area contributed by atoms with Crippen molar-refractivity contribution in [3.05, 3.63) is 11.6 Å². The number of allylic oxidation sites excluding steroid dienone is 2. The largest absolute Gasteiger partial charge is 0.0853 e. The summed E-state index contributed by atoms with van der Waals surface area (Å²) in [6.45, 7) is 13.9. The minimum absolute atomic E-state index is 0.776. The molecule has 14 heavy (non-hydrogen) atoms. The van der Waals surface area contributed by atoms with Gasteiger partial charge in [-0.1, -0.05) is 59.1 Å². The van der Waals surface area contributed by atoms with E-state index in [4.69, 9.17) is 0 Å². The van der Waals surface area contributed by atoms with Crippen molar-refractivity contribution in [2.75, 3.05) is 0 Å². The van der Waals surface area contributed by atoms with E-state index >= 15 is 0 Å². The Morgan fingerprint density at radius 2 is 1.71 bits per heavy atom. The molecule has 84 valence electrons. The maximum atomic E-state index is 2.44. The summed E-state index contributed by atoms with van der Waals surface area (Å²) in [5.74, 6) is 2.38. The fraction of sp³-hybridized carbons (Fsp3) is 0.857. The van der Waals surface area contributed by atoms with Crippen molar-refractivity contribution in [1.29, 1.82) is 0 Å². The van der Waals surface area contributed by atoms with Gasteiger partial charge in [0.05, 0.1) is 0 Å². The van der Waals surface area contributed by atoms with Gasteiger partial charge in [0.15, 0.2) is 0 Å². The molecule has 0 radical (unpaired) electrons. The van der Waals surface area contributed by atoms with Gasteiger partial charge in [-0.2, -0.15) is 0 Å². The first-order chi connectivity index (χ1) is 6.54. The van der Waals surface area contributed by atoms with Crippen LogP contribution in [0.1, 0.15) is 60.8 Å². The van der Waals surface area contributed by atoms with Crippen LogP contribution in [0.5, 0.6) is 0 Å². The fourth-order valence-corrected chi connectivity index (χ4v) is 2.39. The summed E-state index contributed by atoms with van der Waals surface area (Å²) >= 11 is 0. The van der Waals surface area contributed by atoms with Crippen LogP contribution in [-0.2, 0) is 0 Å². The SMILES string of the molecule is CCCC=C(C)C(C(C)C)C(C)CC. The van der Waals surface area contributed by atoms with Gasteiger partial charge in [-0.25, -0.2) is 0 Å². The van der Waals surface area contributed by atoms with Crippen LogP contribution in [0.25, 0.3) is 0 Å². The lowest BCUT2D eigenvalue weighted by Gasteiger charge is -2.28. The summed E-state index contributed by atoms with van der Waals surface area (Å²) in [7, 11) is 0. The highest BCUT2D eigenvalue weighted by Crippen LogP contribution is 2.30. The third kappa shape index (κ3) is 4.30. The number of hydrogen-bond acceptors (Lipinski definition) is 0. The Labute approximate surface area is 90.8 Å². The summed E-state index contributed by atoms with van der Waals surface area (Å²) in [4.78, 5) is 0. The van der Waals surface area contributed by atoms with Crippen molar-refractivity contribution >= 4 is 0 Å². The summed E-state index contributed by atoms with van der Waals surface area (Å²) in [5, 5.41) is 0. The van der Waals surface area contributed by atoms with Crippen LogP contribution >= 0.6 is 0 Å². The van der Waals surface area contributed by atoms with Crippen molar-refractivity contribution in [2.24, 2.45) is 17.8 Å². The molecule has 0 aromatic rings. The molecule has 0 saturated carbocycles. The predicted molar refractivity (Wildman–Crippen MR) is 66.4 cm³/mol. The first-order valence-electron chi connectivity index (χ1n) is 6.21. The Kier molecular flexibility index (Phi) is 6.96. The van der Waals surface area contributed by atoms with Crippen molar-refractivity contribution in [3.63, 3.8) is 0 Å². The molecule has 2 unspecified atom stereocenters. The summed E-state index contributed by atoms with van der Waals surface area (Å²) < 4.78 is 0. The Morgan fingerprint density at radius 1 is 1.14 bits per heavy atom. The quantitative estimate of drug-likeness (QED) is 0.521. The van der Waals surface area contributed by atoms with Crippen molar-refractivity contribution in [2.45, 2.75) is 60.8 Å². The van der Waals surface area contributed by atoms with E-state index in [1.807, 2.05) is 0 Å². The van der Waals surface area contributed by atoms with E-state index in [0.29, 0.717) is 0 Å². The minimum atomic E-state index is 0.776. The van der Waals surface area contributed by atoms with E-state index in [-0.39, 0.29) is 0 Å². The van der Waals surface area contributed by atoms with Gasteiger partial charge >= 0.3 is 0 Å². The molecule has 0 aromatic heterocycles. The lowest BCUT2D eigenvalue weighted by atomic mass is 9.78. The van der Waals surface area contributed by atoms with E-state index in [2.05, 4.69) is 47.6 Å². The van der Waals surface area contributed by atoms with Crippen molar-refractivity contribution in [1.82, 2.24) is 0 Å². The average Bonchev–Trinajstić information content (AvgIpc) is 2.14. The second-order valence-corrected chi connectivity index (χ2v) is 4.89. The standard InChI is InChI=1S/C14H28/c1-7-9-10-13(6)14(11(3)4)12(5)8-2/h10-12,14H,7-9H2,1-6H3. The minimum Gasteiger partial charge on any atom is -0.0853 e. The lowest BCUT2D eigenvalue weighted by molar-refractivity contribution is 0.308. The Morgan fingerprint density at radius 3 is 2.07 bits per heavy atom. The molecule has 0 rings (SSSR count). The van der Waals surface area contributed by atoms with Gasteiger partial charge in [0.1, 0.15) is 0 Å². The highest BCUT2D eigenvalue weighted by molar-refractivity contribution is 5.05. The van der Waals surface area contributed by atoms with E-state index in [0.717, 1.165) is 17.8 Å². The molecule has 0 aliphatic carbocycles. The highest BCUT2D eigenvalue weighted by Gasteiger charge is 2.20. The third-order valence-corrected chi connectivity index (χ3v) is 3.26. The van der Waals surface area contributed by atoms with Gasteiger partial charge in [0.25, 0.3) is 0 Å². The second-order valence-electron chi connectivity index (χ2n) is 4.89. The lowest BCUT2D eigenvalue weighted by Crippen LogP contribution is -2.18. The molecule has 0 amide bonds. The molecule has 0 aliphatic heterocycles. The maximum absolute atomic E-state index is 2.44. The zero-order chi connectivity index (χ0) is 11.1. The smallest absolute Gasteiger partial charge is 0.0157 e.